The predicted molar refractivity (Wildman–Crippen MR) is 136 cm³/mol. The van der Waals surface area contributed by atoms with E-state index in [1.54, 1.807) is 0 Å². The molecule has 1 aromatic carbocycles. The fourth-order valence-electron chi connectivity index (χ4n) is 8.99. The number of benzene rings is 1. The van der Waals surface area contributed by atoms with Crippen molar-refractivity contribution in [2.24, 2.45) is 33.5 Å². The molecule has 8 unspecified atom stereocenters. The molecule has 6 nitrogen and oxygen atoms in total. The molecular weight excluding hydrogens is 496 g/mol. The van der Waals surface area contributed by atoms with Crippen LogP contribution in [0.2, 0.25) is 0 Å². The van der Waals surface area contributed by atoms with E-state index in [2.05, 4.69) is 0 Å². The lowest BCUT2D eigenvalue weighted by Crippen LogP contribution is -2.49. The number of hydrogen-bond donors (Lipinski definition) is 0. The second-order valence-electron chi connectivity index (χ2n) is 12.8. The summed E-state index contributed by atoms with van der Waals surface area (Å²) in [4.78, 5) is 26.1. The number of fused-ring (bicyclic) bond motifs is 4. The maximum atomic E-state index is 13.1. The molecule has 0 saturated heterocycles. The topological polar surface area (TPSA) is 114 Å². The average Bonchev–Trinajstić information content (AvgIpc) is 3.35. The van der Waals surface area contributed by atoms with Crippen LogP contribution < -0.4 is 0 Å². The number of Topliss-reactive ketones (excluding diaryl/α,β-unsaturated/α-hetero) is 2. The molecule has 5 rings (SSSR count). The molecule has 0 amide bonds. The van der Waals surface area contributed by atoms with Crippen LogP contribution in [0.15, 0.2) is 24.3 Å². The second-order valence-corrected chi connectivity index (χ2v) is 15.0. The summed E-state index contributed by atoms with van der Waals surface area (Å²) in [5.41, 5.74) is -0.756. The van der Waals surface area contributed by atoms with Crippen molar-refractivity contribution in [2.75, 3.05) is 0 Å². The fourth-order valence-corrected chi connectivity index (χ4v) is 11.4. The van der Waals surface area contributed by atoms with E-state index in [4.69, 9.17) is 0 Å². The van der Waals surface area contributed by atoms with Crippen LogP contribution in [-0.4, -0.2) is 39.6 Å². The highest BCUT2D eigenvalue weighted by molar-refractivity contribution is 7.80. The monoisotopic (exact) mass is 532 g/mol. The van der Waals surface area contributed by atoms with Crippen molar-refractivity contribution in [2.45, 2.75) is 89.6 Å². The zero-order chi connectivity index (χ0) is 26.3. The molecule has 36 heavy (non-hydrogen) atoms. The van der Waals surface area contributed by atoms with E-state index in [1.807, 2.05) is 52.0 Å². The summed E-state index contributed by atoms with van der Waals surface area (Å²) in [5.74, 6) is 0.627. The lowest BCUT2D eigenvalue weighted by atomic mass is 9.65. The summed E-state index contributed by atoms with van der Waals surface area (Å²) in [7, 11) is 0. The van der Waals surface area contributed by atoms with Crippen molar-refractivity contribution < 1.29 is 27.1 Å². The van der Waals surface area contributed by atoms with Gasteiger partial charge in [0.25, 0.3) is 0 Å². The minimum atomic E-state index is -2.40. The van der Waals surface area contributed by atoms with Gasteiger partial charge in [-0.3, -0.25) is 18.0 Å². The largest absolute Gasteiger partial charge is 0.772 e. The molecule has 0 heterocycles. The van der Waals surface area contributed by atoms with Gasteiger partial charge in [-0.15, -0.1) is 0 Å². The van der Waals surface area contributed by atoms with Crippen LogP contribution in [0.3, 0.4) is 0 Å². The third-order valence-electron chi connectivity index (χ3n) is 11.4. The van der Waals surface area contributed by atoms with Gasteiger partial charge in [-0.05, 0) is 72.3 Å². The van der Waals surface area contributed by atoms with Gasteiger partial charge in [0.2, 0.25) is 0 Å². The Kier molecular flexibility index (Phi) is 6.34. The Bertz CT molecular complexity index is 1050. The molecule has 4 aliphatic rings. The Morgan fingerprint density at radius 2 is 1.08 bits per heavy atom. The smallest absolute Gasteiger partial charge is 0.141 e. The highest BCUT2D eigenvalue weighted by Crippen LogP contribution is 2.67. The van der Waals surface area contributed by atoms with E-state index in [-0.39, 0.29) is 47.1 Å². The highest BCUT2D eigenvalue weighted by Gasteiger charge is 2.68. The molecule has 4 aliphatic carbocycles. The van der Waals surface area contributed by atoms with Crippen LogP contribution in [-0.2, 0) is 44.6 Å². The lowest BCUT2D eigenvalue weighted by molar-refractivity contribution is -0.130. The maximum absolute atomic E-state index is 13.1. The van der Waals surface area contributed by atoms with Crippen LogP contribution in [0.5, 0.6) is 0 Å². The number of rotatable bonds is 8. The fraction of sp³-hybridized carbons (Fsp3) is 0.714. The molecule has 0 spiro atoms. The van der Waals surface area contributed by atoms with Gasteiger partial charge in [-0.2, -0.15) is 0 Å². The summed E-state index contributed by atoms with van der Waals surface area (Å²) in [6, 6.07) is 7.41. The normalized spacial score (nSPS) is 37.3. The summed E-state index contributed by atoms with van der Waals surface area (Å²) >= 11 is -4.80. The van der Waals surface area contributed by atoms with E-state index in [0.29, 0.717) is 25.7 Å². The first-order valence-corrected chi connectivity index (χ1v) is 15.4. The molecule has 8 atom stereocenters. The molecule has 0 aromatic heterocycles. The van der Waals surface area contributed by atoms with Crippen molar-refractivity contribution in [3.8, 4) is 0 Å². The van der Waals surface area contributed by atoms with Gasteiger partial charge in [-0.1, -0.05) is 74.1 Å². The van der Waals surface area contributed by atoms with Crippen LogP contribution >= 0.6 is 0 Å². The van der Waals surface area contributed by atoms with Crippen molar-refractivity contribution in [1.82, 2.24) is 0 Å². The van der Waals surface area contributed by atoms with E-state index in [0.717, 1.165) is 24.0 Å². The third kappa shape index (κ3) is 3.39. The summed E-state index contributed by atoms with van der Waals surface area (Å²) in [6.45, 7) is 8.17. The molecule has 0 radical (unpaired) electrons. The minimum absolute atomic E-state index is 0.0771. The van der Waals surface area contributed by atoms with Gasteiger partial charge in [0, 0.05) is 34.2 Å². The first-order chi connectivity index (χ1) is 16.8. The van der Waals surface area contributed by atoms with E-state index < -0.39 is 43.5 Å². The Morgan fingerprint density at radius 1 is 0.750 bits per heavy atom. The zero-order valence-electron chi connectivity index (χ0n) is 21.5. The lowest BCUT2D eigenvalue weighted by Gasteiger charge is -2.44. The van der Waals surface area contributed by atoms with Crippen molar-refractivity contribution in [3.05, 3.63) is 35.4 Å². The molecule has 0 aliphatic heterocycles. The van der Waals surface area contributed by atoms with Crippen molar-refractivity contribution >= 4 is 33.7 Å². The van der Waals surface area contributed by atoms with Gasteiger partial charge in [-0.25, -0.2) is 0 Å². The predicted octanol–water partition coefficient (Wildman–Crippen LogP) is 4.06. The molecule has 198 valence electrons. The molecule has 4 saturated carbocycles. The summed E-state index contributed by atoms with van der Waals surface area (Å²) < 4.78 is 49.8. The summed E-state index contributed by atoms with van der Waals surface area (Å²) in [5, 5.41) is -1.57. The first-order valence-electron chi connectivity index (χ1n) is 13.1. The molecule has 1 aromatic rings. The number of carbonyl (C=O) groups is 2. The number of ketones is 2. The minimum Gasteiger partial charge on any atom is -0.772 e. The third-order valence-corrected chi connectivity index (χ3v) is 13.5. The van der Waals surface area contributed by atoms with Crippen LogP contribution in [0, 0.1) is 33.5 Å². The van der Waals surface area contributed by atoms with Crippen molar-refractivity contribution in [1.29, 1.82) is 0 Å². The first kappa shape index (κ1) is 26.4. The van der Waals surface area contributed by atoms with E-state index >= 15 is 0 Å². The van der Waals surface area contributed by atoms with Gasteiger partial charge in [0.15, 0.2) is 0 Å². The molecular formula is C28H36O6S2-2. The van der Waals surface area contributed by atoms with E-state index in [9.17, 15) is 27.1 Å². The average molecular weight is 533 g/mol. The number of carbonyl (C=O) groups excluding carboxylic acids is 2. The Labute approximate surface area is 219 Å². The Morgan fingerprint density at radius 3 is 1.31 bits per heavy atom. The maximum Gasteiger partial charge on any atom is 0.141 e. The van der Waals surface area contributed by atoms with Gasteiger partial charge in [0.1, 0.15) is 11.6 Å². The summed E-state index contributed by atoms with van der Waals surface area (Å²) in [6.07, 6.45) is 4.44. The molecule has 4 fully saturated rings. The molecule has 4 bridgehead atoms. The number of hydrogen-bond acceptors (Lipinski definition) is 6. The van der Waals surface area contributed by atoms with E-state index in [1.165, 1.54) is 0 Å². The van der Waals surface area contributed by atoms with Gasteiger partial charge >= 0.3 is 0 Å². The zero-order valence-corrected chi connectivity index (χ0v) is 23.2. The van der Waals surface area contributed by atoms with Crippen LogP contribution in [0.25, 0.3) is 0 Å². The van der Waals surface area contributed by atoms with Crippen LogP contribution in [0.4, 0.5) is 0 Å². The SMILES string of the molecule is CC1(C)C2CCC1(C(Cc1ccc(CC(S(=O)[O-])C34CCC(CC3=O)C4(C)C)cc1)S(=O)[O-])C(=O)C2. The quantitative estimate of drug-likeness (QED) is 0.467. The second kappa shape index (κ2) is 8.65. The highest BCUT2D eigenvalue weighted by atomic mass is 32.2. The Hall–Kier alpha value is -1.22. The molecule has 8 heteroatoms. The molecule has 0 N–H and O–H groups in total. The van der Waals surface area contributed by atoms with Gasteiger partial charge in [0.05, 0.1) is 0 Å². The standard InChI is InChI=1S/C28H38O6S2/c1-25(2)19-9-11-27(25,21(29)15-19)23(35(31)32)13-17-5-7-18(8-6-17)14-24(36(33)34)28-12-10-20(16-22(28)30)26(28,3)4/h5-8,19-20,23-24H,9-16H2,1-4H3,(H,31,32)(H,33,34)/p-2. The van der Waals surface area contributed by atoms with Gasteiger partial charge < -0.3 is 9.11 Å². The Balaban J connectivity index is 1.39. The van der Waals surface area contributed by atoms with Crippen LogP contribution in [0.1, 0.15) is 77.3 Å². The van der Waals surface area contributed by atoms with Crippen molar-refractivity contribution in [3.63, 3.8) is 0 Å².